The van der Waals surface area contributed by atoms with Crippen LogP contribution in [0.5, 0.6) is 0 Å². The molecule has 0 radical (unpaired) electrons. The van der Waals surface area contributed by atoms with E-state index in [4.69, 9.17) is 5.73 Å². The van der Waals surface area contributed by atoms with Gasteiger partial charge in [0, 0.05) is 25.9 Å². The molecule has 15 heavy (non-hydrogen) atoms. The zero-order chi connectivity index (χ0) is 10.4. The van der Waals surface area contributed by atoms with E-state index in [1.54, 1.807) is 0 Å². The van der Waals surface area contributed by atoms with Gasteiger partial charge in [-0.2, -0.15) is 0 Å². The quantitative estimate of drug-likeness (QED) is 0.562. The second-order valence-corrected chi connectivity index (χ2v) is 4.94. The van der Waals surface area contributed by atoms with Gasteiger partial charge in [0.2, 0.25) is 0 Å². The highest BCUT2D eigenvalue weighted by Gasteiger charge is 2.04. The van der Waals surface area contributed by atoms with E-state index in [9.17, 15) is 0 Å². The number of aryl methyl sites for hydroxylation is 1. The number of anilines is 1. The summed E-state index contributed by atoms with van der Waals surface area (Å²) >= 11 is 1.81. The first-order valence-electron chi connectivity index (χ1n) is 4.92. The van der Waals surface area contributed by atoms with E-state index in [0.29, 0.717) is 0 Å². The van der Waals surface area contributed by atoms with E-state index >= 15 is 0 Å². The van der Waals surface area contributed by atoms with Gasteiger partial charge >= 0.3 is 0 Å². The normalized spacial score (nSPS) is 11.3. The fraction of sp³-hybridized carbons (Fsp3) is 0.0769. The van der Waals surface area contributed by atoms with Gasteiger partial charge in [0.05, 0.1) is 0 Å². The van der Waals surface area contributed by atoms with Crippen molar-refractivity contribution in [3.63, 3.8) is 0 Å². The number of benzene rings is 2. The Balaban J connectivity index is 2.51. The van der Waals surface area contributed by atoms with Crippen molar-refractivity contribution >= 4 is 37.2 Å². The first kappa shape index (κ1) is 8.74. The molecule has 1 heterocycles. The van der Waals surface area contributed by atoms with Crippen LogP contribution < -0.4 is 5.73 Å². The molecule has 74 valence electrons. The maximum absolute atomic E-state index is 5.78. The van der Waals surface area contributed by atoms with Crippen molar-refractivity contribution in [1.82, 2.24) is 0 Å². The molecule has 0 amide bonds. The fourth-order valence-electron chi connectivity index (χ4n) is 1.90. The van der Waals surface area contributed by atoms with Crippen molar-refractivity contribution in [2.75, 3.05) is 5.73 Å². The van der Waals surface area contributed by atoms with Crippen LogP contribution in [0.15, 0.2) is 36.4 Å². The smallest absolute Gasteiger partial charge is 0.0375 e. The SMILES string of the molecule is Cc1ccc2c(c1)sc1cc(N)ccc12. The van der Waals surface area contributed by atoms with Crippen molar-refractivity contribution in [3.05, 3.63) is 42.0 Å². The number of hydrogen-bond acceptors (Lipinski definition) is 2. The standard InChI is InChI=1S/C13H11NS/c1-8-2-4-10-11-5-3-9(14)7-13(11)15-12(10)6-8/h2-7H,14H2,1H3. The molecule has 0 spiro atoms. The molecule has 0 saturated carbocycles. The maximum atomic E-state index is 5.78. The largest absolute Gasteiger partial charge is 0.399 e. The number of hydrogen-bond donors (Lipinski definition) is 1. The zero-order valence-electron chi connectivity index (χ0n) is 8.45. The third kappa shape index (κ3) is 1.29. The molecular formula is C13H11NS. The van der Waals surface area contributed by atoms with Gasteiger partial charge in [-0.05, 0) is 30.7 Å². The van der Waals surface area contributed by atoms with Crippen LogP contribution in [0, 0.1) is 6.92 Å². The van der Waals surface area contributed by atoms with Crippen molar-refractivity contribution in [1.29, 1.82) is 0 Å². The molecular weight excluding hydrogens is 202 g/mol. The Bertz CT molecular complexity index is 596. The molecule has 2 N–H and O–H groups in total. The Kier molecular flexibility index (Phi) is 1.73. The zero-order valence-corrected chi connectivity index (χ0v) is 9.27. The van der Waals surface area contributed by atoms with E-state index in [2.05, 4.69) is 37.3 Å². The molecule has 0 atom stereocenters. The van der Waals surface area contributed by atoms with Gasteiger partial charge in [0.25, 0.3) is 0 Å². The molecule has 2 aromatic carbocycles. The highest BCUT2D eigenvalue weighted by atomic mass is 32.1. The monoisotopic (exact) mass is 213 g/mol. The van der Waals surface area contributed by atoms with Gasteiger partial charge in [-0.3, -0.25) is 0 Å². The third-order valence-corrected chi connectivity index (χ3v) is 3.77. The molecule has 0 aliphatic rings. The van der Waals surface area contributed by atoms with E-state index < -0.39 is 0 Å². The molecule has 0 aliphatic carbocycles. The number of rotatable bonds is 0. The first-order chi connectivity index (χ1) is 7.24. The highest BCUT2D eigenvalue weighted by molar-refractivity contribution is 7.25. The van der Waals surface area contributed by atoms with Gasteiger partial charge in [0.15, 0.2) is 0 Å². The predicted molar refractivity (Wildman–Crippen MR) is 68.5 cm³/mol. The van der Waals surface area contributed by atoms with Crippen molar-refractivity contribution < 1.29 is 0 Å². The Morgan fingerprint density at radius 2 is 1.60 bits per heavy atom. The molecule has 0 unspecified atom stereocenters. The van der Waals surface area contributed by atoms with Crippen LogP contribution in [0.4, 0.5) is 5.69 Å². The molecule has 0 bridgehead atoms. The summed E-state index contributed by atoms with van der Waals surface area (Å²) in [7, 11) is 0. The summed E-state index contributed by atoms with van der Waals surface area (Å²) in [6.45, 7) is 2.12. The highest BCUT2D eigenvalue weighted by Crippen LogP contribution is 2.35. The maximum Gasteiger partial charge on any atom is 0.0375 e. The lowest BCUT2D eigenvalue weighted by molar-refractivity contribution is 1.52. The minimum absolute atomic E-state index is 0.839. The van der Waals surface area contributed by atoms with Gasteiger partial charge in [-0.1, -0.05) is 18.2 Å². The minimum Gasteiger partial charge on any atom is -0.399 e. The van der Waals surface area contributed by atoms with Crippen molar-refractivity contribution in [2.24, 2.45) is 0 Å². The van der Waals surface area contributed by atoms with Gasteiger partial charge in [-0.25, -0.2) is 0 Å². The lowest BCUT2D eigenvalue weighted by Crippen LogP contribution is -1.81. The van der Waals surface area contributed by atoms with Crippen LogP contribution in [-0.4, -0.2) is 0 Å². The summed E-state index contributed by atoms with van der Waals surface area (Å²) in [5.41, 5.74) is 7.93. The van der Waals surface area contributed by atoms with E-state index in [0.717, 1.165) is 5.69 Å². The number of fused-ring (bicyclic) bond motifs is 3. The van der Waals surface area contributed by atoms with Gasteiger partial charge in [-0.15, -0.1) is 11.3 Å². The summed E-state index contributed by atoms with van der Waals surface area (Å²) in [6, 6.07) is 12.7. The van der Waals surface area contributed by atoms with Crippen LogP contribution in [0.25, 0.3) is 20.2 Å². The summed E-state index contributed by atoms with van der Waals surface area (Å²) in [5, 5.41) is 2.64. The van der Waals surface area contributed by atoms with Crippen molar-refractivity contribution in [2.45, 2.75) is 6.92 Å². The predicted octanol–water partition coefficient (Wildman–Crippen LogP) is 3.95. The summed E-state index contributed by atoms with van der Waals surface area (Å²) < 4.78 is 2.62. The van der Waals surface area contributed by atoms with Crippen LogP contribution in [0.3, 0.4) is 0 Å². The lowest BCUT2D eigenvalue weighted by Gasteiger charge is -1.94. The summed E-state index contributed by atoms with van der Waals surface area (Å²) in [5.74, 6) is 0. The number of nitrogen functional groups attached to an aromatic ring is 1. The number of thiophene rings is 1. The number of nitrogens with two attached hydrogens (primary N) is 1. The van der Waals surface area contributed by atoms with E-state index in [1.165, 1.54) is 25.7 Å². The molecule has 2 heteroatoms. The molecule has 0 saturated heterocycles. The molecule has 1 aromatic heterocycles. The summed E-state index contributed by atoms with van der Waals surface area (Å²) in [4.78, 5) is 0. The van der Waals surface area contributed by atoms with Gasteiger partial charge < -0.3 is 5.73 Å². The van der Waals surface area contributed by atoms with E-state index in [1.807, 2.05) is 17.4 Å². The molecule has 3 rings (SSSR count). The second-order valence-electron chi connectivity index (χ2n) is 3.86. The average molecular weight is 213 g/mol. The Morgan fingerprint density at radius 3 is 2.40 bits per heavy atom. The van der Waals surface area contributed by atoms with E-state index in [-0.39, 0.29) is 0 Å². The first-order valence-corrected chi connectivity index (χ1v) is 5.74. The van der Waals surface area contributed by atoms with Crippen LogP contribution in [-0.2, 0) is 0 Å². The Hall–Kier alpha value is -1.54. The Morgan fingerprint density at radius 1 is 0.933 bits per heavy atom. The molecule has 1 nitrogen and oxygen atoms in total. The summed E-state index contributed by atoms with van der Waals surface area (Å²) in [6.07, 6.45) is 0. The Labute approximate surface area is 92.1 Å². The van der Waals surface area contributed by atoms with Crippen LogP contribution in [0.2, 0.25) is 0 Å². The van der Waals surface area contributed by atoms with Gasteiger partial charge in [0.1, 0.15) is 0 Å². The lowest BCUT2D eigenvalue weighted by atomic mass is 10.1. The molecule has 0 aliphatic heterocycles. The third-order valence-electron chi connectivity index (χ3n) is 2.65. The van der Waals surface area contributed by atoms with Crippen molar-refractivity contribution in [3.8, 4) is 0 Å². The average Bonchev–Trinajstić information content (AvgIpc) is 2.53. The van der Waals surface area contributed by atoms with Crippen LogP contribution in [0.1, 0.15) is 5.56 Å². The minimum atomic E-state index is 0.839. The van der Waals surface area contributed by atoms with Crippen LogP contribution >= 0.6 is 11.3 Å². The second kappa shape index (κ2) is 2.97. The topological polar surface area (TPSA) is 26.0 Å². The molecule has 0 fully saturated rings. The molecule has 3 aromatic rings. The fourth-order valence-corrected chi connectivity index (χ4v) is 3.15.